The molecular weight excluding hydrogens is 280 g/mol. The maximum Gasteiger partial charge on any atom is 0.240 e. The van der Waals surface area contributed by atoms with Gasteiger partial charge in [0.1, 0.15) is 12.6 Å². The van der Waals surface area contributed by atoms with Gasteiger partial charge in [-0.05, 0) is 23.9 Å². The lowest BCUT2D eigenvalue weighted by Gasteiger charge is -2.15. The van der Waals surface area contributed by atoms with Crippen LogP contribution in [-0.2, 0) is 14.4 Å². The Hall–Kier alpha value is -1.73. The van der Waals surface area contributed by atoms with E-state index in [1.165, 1.54) is 11.3 Å². The number of imide groups is 1. The van der Waals surface area contributed by atoms with Crippen LogP contribution < -0.4 is 5.32 Å². The van der Waals surface area contributed by atoms with E-state index >= 15 is 0 Å². The Balaban J connectivity index is 1.82. The van der Waals surface area contributed by atoms with Crippen molar-refractivity contribution >= 4 is 29.1 Å². The molecule has 2 rings (SSSR count). The van der Waals surface area contributed by atoms with E-state index in [0.717, 1.165) is 15.3 Å². The number of carbonyl (C=O) groups is 3. The third-order valence-electron chi connectivity index (χ3n) is 3.15. The van der Waals surface area contributed by atoms with E-state index in [4.69, 9.17) is 0 Å². The van der Waals surface area contributed by atoms with Crippen LogP contribution in [0.15, 0.2) is 11.4 Å². The number of aliphatic hydroxyl groups excluding tert-OH is 1. The number of aryl methyl sites for hydroxylation is 1. The number of thiophene rings is 1. The molecule has 0 aromatic carbocycles. The highest BCUT2D eigenvalue weighted by Gasteiger charge is 2.30. The highest BCUT2D eigenvalue weighted by molar-refractivity contribution is 7.10. The van der Waals surface area contributed by atoms with Crippen molar-refractivity contribution in [3.05, 3.63) is 21.9 Å². The summed E-state index contributed by atoms with van der Waals surface area (Å²) in [6, 6.07) is 1.90. The van der Waals surface area contributed by atoms with Gasteiger partial charge in [0.05, 0.1) is 0 Å². The molecule has 0 unspecified atom stereocenters. The highest BCUT2D eigenvalue weighted by Crippen LogP contribution is 2.23. The quantitative estimate of drug-likeness (QED) is 0.768. The summed E-state index contributed by atoms with van der Waals surface area (Å²) in [6.07, 6.45) is -0.435. The lowest BCUT2D eigenvalue weighted by atomic mass is 10.2. The third kappa shape index (κ3) is 3.23. The summed E-state index contributed by atoms with van der Waals surface area (Å²) in [4.78, 5) is 36.2. The van der Waals surface area contributed by atoms with Crippen LogP contribution in [0.25, 0.3) is 0 Å². The maximum absolute atomic E-state index is 11.7. The average Bonchev–Trinajstić information content (AvgIpc) is 2.96. The first-order valence-corrected chi connectivity index (χ1v) is 7.19. The average molecular weight is 296 g/mol. The number of nitrogens with zero attached hydrogens (tertiary/aromatic N) is 1. The Morgan fingerprint density at radius 3 is 2.65 bits per heavy atom. The Kier molecular flexibility index (Phi) is 4.51. The Labute approximate surface area is 120 Å². The van der Waals surface area contributed by atoms with Crippen molar-refractivity contribution in [3.63, 3.8) is 0 Å². The zero-order valence-corrected chi connectivity index (χ0v) is 11.9. The van der Waals surface area contributed by atoms with Crippen LogP contribution in [0.2, 0.25) is 0 Å². The zero-order valence-electron chi connectivity index (χ0n) is 11.1. The van der Waals surface area contributed by atoms with Crippen molar-refractivity contribution in [2.45, 2.75) is 25.9 Å². The van der Waals surface area contributed by atoms with Crippen LogP contribution >= 0.6 is 11.3 Å². The molecule has 1 fully saturated rings. The summed E-state index contributed by atoms with van der Waals surface area (Å²) in [7, 11) is 0. The van der Waals surface area contributed by atoms with Crippen molar-refractivity contribution in [1.82, 2.24) is 10.2 Å². The molecule has 108 valence electrons. The van der Waals surface area contributed by atoms with Crippen molar-refractivity contribution < 1.29 is 19.5 Å². The molecule has 20 heavy (non-hydrogen) atoms. The molecule has 1 saturated heterocycles. The normalized spacial score (nSPS) is 16.6. The third-order valence-corrected chi connectivity index (χ3v) is 4.27. The predicted molar refractivity (Wildman–Crippen MR) is 73.0 cm³/mol. The smallest absolute Gasteiger partial charge is 0.240 e. The molecule has 6 nitrogen and oxygen atoms in total. The number of hydrogen-bond acceptors (Lipinski definition) is 5. The summed E-state index contributed by atoms with van der Waals surface area (Å²) in [5.74, 6) is -1.08. The van der Waals surface area contributed by atoms with Gasteiger partial charge in [-0.15, -0.1) is 11.3 Å². The molecule has 0 bridgehead atoms. The van der Waals surface area contributed by atoms with E-state index in [0.29, 0.717) is 0 Å². The van der Waals surface area contributed by atoms with Crippen LogP contribution in [0.3, 0.4) is 0 Å². The maximum atomic E-state index is 11.7. The molecule has 1 aromatic heterocycles. The predicted octanol–water partition coefficient (Wildman–Crippen LogP) is 0.355. The first-order chi connectivity index (χ1) is 9.49. The zero-order chi connectivity index (χ0) is 14.7. The fraction of sp³-hybridized carbons (Fsp3) is 0.462. The Morgan fingerprint density at radius 1 is 1.45 bits per heavy atom. The van der Waals surface area contributed by atoms with E-state index in [1.54, 1.807) is 0 Å². The number of amides is 3. The van der Waals surface area contributed by atoms with Gasteiger partial charge in [0.25, 0.3) is 0 Å². The molecule has 0 saturated carbocycles. The molecule has 1 atom stereocenters. The molecule has 0 spiro atoms. The lowest BCUT2D eigenvalue weighted by Crippen LogP contribution is -2.41. The van der Waals surface area contributed by atoms with Gasteiger partial charge in [-0.2, -0.15) is 0 Å². The molecule has 1 aromatic rings. The molecule has 2 N–H and O–H groups in total. The van der Waals surface area contributed by atoms with Crippen molar-refractivity contribution in [3.8, 4) is 0 Å². The number of carbonyl (C=O) groups excluding carboxylic acids is 3. The van der Waals surface area contributed by atoms with Crippen molar-refractivity contribution in [2.75, 3.05) is 13.1 Å². The fourth-order valence-electron chi connectivity index (χ4n) is 2.03. The first kappa shape index (κ1) is 14.7. The molecular formula is C13H16N2O4S. The molecule has 3 amide bonds. The van der Waals surface area contributed by atoms with Crippen molar-refractivity contribution in [2.24, 2.45) is 0 Å². The van der Waals surface area contributed by atoms with Crippen LogP contribution in [0.4, 0.5) is 0 Å². The SMILES string of the molecule is Cc1ccsc1[C@@H](O)CNC(=O)CN1C(=O)CCC1=O. The highest BCUT2D eigenvalue weighted by atomic mass is 32.1. The number of hydrogen-bond donors (Lipinski definition) is 2. The molecule has 7 heteroatoms. The molecule has 2 heterocycles. The number of aliphatic hydroxyl groups is 1. The van der Waals surface area contributed by atoms with Crippen LogP contribution in [0.5, 0.6) is 0 Å². The number of rotatable bonds is 5. The summed E-state index contributed by atoms with van der Waals surface area (Å²) < 4.78 is 0. The molecule has 1 aliphatic heterocycles. The summed E-state index contributed by atoms with van der Waals surface area (Å²) in [6.45, 7) is 1.68. The van der Waals surface area contributed by atoms with E-state index in [1.807, 2.05) is 18.4 Å². The van der Waals surface area contributed by atoms with Crippen molar-refractivity contribution in [1.29, 1.82) is 0 Å². The second-order valence-electron chi connectivity index (χ2n) is 4.66. The molecule has 0 aliphatic carbocycles. The number of likely N-dealkylation sites (tertiary alicyclic amines) is 1. The Bertz CT molecular complexity index is 524. The summed E-state index contributed by atoms with van der Waals surface area (Å²) >= 11 is 1.42. The summed E-state index contributed by atoms with van der Waals surface area (Å²) in [5.41, 5.74) is 0.974. The minimum atomic E-state index is -0.774. The topological polar surface area (TPSA) is 86.7 Å². The van der Waals surface area contributed by atoms with Gasteiger partial charge in [-0.3, -0.25) is 19.3 Å². The van der Waals surface area contributed by atoms with Gasteiger partial charge < -0.3 is 10.4 Å². The standard InChI is InChI=1S/C13H16N2O4S/c1-8-4-5-20-13(8)9(16)6-14-10(17)7-15-11(18)2-3-12(15)19/h4-5,9,16H,2-3,6-7H2,1H3,(H,14,17)/t9-/m0/s1. The van der Waals surface area contributed by atoms with Crippen LogP contribution in [0.1, 0.15) is 29.4 Å². The second kappa shape index (κ2) is 6.15. The van der Waals surface area contributed by atoms with Crippen LogP contribution in [0, 0.1) is 6.92 Å². The van der Waals surface area contributed by atoms with Gasteiger partial charge >= 0.3 is 0 Å². The van der Waals surface area contributed by atoms with E-state index < -0.39 is 12.0 Å². The fourth-order valence-corrected chi connectivity index (χ4v) is 2.94. The van der Waals surface area contributed by atoms with Gasteiger partial charge in [0.2, 0.25) is 17.7 Å². The van der Waals surface area contributed by atoms with E-state index in [9.17, 15) is 19.5 Å². The monoisotopic (exact) mass is 296 g/mol. The van der Waals surface area contributed by atoms with E-state index in [-0.39, 0.29) is 37.7 Å². The van der Waals surface area contributed by atoms with E-state index in [2.05, 4.69) is 5.32 Å². The minimum Gasteiger partial charge on any atom is -0.386 e. The van der Waals surface area contributed by atoms with Gasteiger partial charge in [0, 0.05) is 24.3 Å². The van der Waals surface area contributed by atoms with Gasteiger partial charge in [0.15, 0.2) is 0 Å². The largest absolute Gasteiger partial charge is 0.386 e. The summed E-state index contributed by atoms with van der Waals surface area (Å²) in [5, 5.41) is 14.4. The van der Waals surface area contributed by atoms with Gasteiger partial charge in [-0.1, -0.05) is 0 Å². The Morgan fingerprint density at radius 2 is 2.10 bits per heavy atom. The number of nitrogens with one attached hydrogen (secondary N) is 1. The van der Waals surface area contributed by atoms with Crippen LogP contribution in [-0.4, -0.2) is 40.8 Å². The molecule has 1 aliphatic rings. The lowest BCUT2D eigenvalue weighted by molar-refractivity contribution is -0.142. The molecule has 0 radical (unpaired) electrons. The minimum absolute atomic E-state index is 0.0659. The second-order valence-corrected chi connectivity index (χ2v) is 5.61. The van der Waals surface area contributed by atoms with Gasteiger partial charge in [-0.25, -0.2) is 0 Å². The first-order valence-electron chi connectivity index (χ1n) is 6.31.